The Morgan fingerprint density at radius 2 is 2.09 bits per heavy atom. The molecule has 6 heteroatoms. The van der Waals surface area contributed by atoms with Crippen LogP contribution in [0.4, 0.5) is 5.69 Å². The second kappa shape index (κ2) is 7.46. The molecule has 1 aromatic rings. The molecule has 0 spiro atoms. The van der Waals surface area contributed by atoms with Crippen LogP contribution >= 0.6 is 0 Å². The van der Waals surface area contributed by atoms with Crippen molar-refractivity contribution in [2.45, 2.75) is 25.8 Å². The molecule has 1 aromatic carbocycles. The van der Waals surface area contributed by atoms with E-state index < -0.39 is 0 Å². The minimum absolute atomic E-state index is 0.0221. The third kappa shape index (κ3) is 4.22. The fourth-order valence-electron chi connectivity index (χ4n) is 2.80. The zero-order valence-corrected chi connectivity index (χ0v) is 14.2. The van der Waals surface area contributed by atoms with Crippen molar-refractivity contribution in [1.82, 2.24) is 10.2 Å². The fourth-order valence-corrected chi connectivity index (χ4v) is 2.80. The topological polar surface area (TPSA) is 70.7 Å². The van der Waals surface area contributed by atoms with Gasteiger partial charge in [-0.05, 0) is 44.5 Å². The maximum atomic E-state index is 12.5. The van der Waals surface area contributed by atoms with Crippen LogP contribution in [0, 0.1) is 5.92 Å². The lowest BCUT2D eigenvalue weighted by Gasteiger charge is -2.27. The minimum atomic E-state index is -0.112. The summed E-state index contributed by atoms with van der Waals surface area (Å²) in [4.78, 5) is 26.1. The fraction of sp³-hybridized carbons (Fsp3) is 0.529. The maximum absolute atomic E-state index is 12.5. The Morgan fingerprint density at radius 1 is 1.35 bits per heavy atom. The molecule has 6 nitrogen and oxygen atoms in total. The van der Waals surface area contributed by atoms with Crippen molar-refractivity contribution >= 4 is 17.5 Å². The molecule has 126 valence electrons. The molecule has 2 atom stereocenters. The molecule has 0 saturated carbocycles. The van der Waals surface area contributed by atoms with Crippen LogP contribution in [-0.2, 0) is 4.79 Å². The van der Waals surface area contributed by atoms with Gasteiger partial charge in [0.05, 0.1) is 12.8 Å². The van der Waals surface area contributed by atoms with E-state index in [2.05, 4.69) is 17.6 Å². The second-order valence-electron chi connectivity index (χ2n) is 6.18. The summed E-state index contributed by atoms with van der Waals surface area (Å²) in [6.45, 7) is 2.92. The standard InChI is InChI=1S/C17H25N3O3/c1-11-9-12(7-8-18-11)16(21)19-14-10-13(17(22)20(2)3)5-6-15(14)23-4/h5-6,10-12,18H,7-9H2,1-4H3,(H,19,21)/t11-,12-/m0/s1. The van der Waals surface area contributed by atoms with Crippen LogP contribution in [0.2, 0.25) is 0 Å². The first kappa shape index (κ1) is 17.3. The van der Waals surface area contributed by atoms with Crippen molar-refractivity contribution in [3.63, 3.8) is 0 Å². The van der Waals surface area contributed by atoms with Crippen molar-refractivity contribution in [1.29, 1.82) is 0 Å². The van der Waals surface area contributed by atoms with E-state index in [0.29, 0.717) is 23.0 Å². The van der Waals surface area contributed by atoms with Crippen LogP contribution in [0.1, 0.15) is 30.1 Å². The van der Waals surface area contributed by atoms with Crippen molar-refractivity contribution in [2.24, 2.45) is 5.92 Å². The summed E-state index contributed by atoms with van der Waals surface area (Å²) >= 11 is 0. The average Bonchev–Trinajstić information content (AvgIpc) is 2.53. The Bertz CT molecular complexity index is 586. The SMILES string of the molecule is COc1ccc(C(=O)N(C)C)cc1NC(=O)[C@H]1CCN[C@@H](C)C1. The third-order valence-electron chi connectivity index (χ3n) is 4.10. The summed E-state index contributed by atoms with van der Waals surface area (Å²) < 4.78 is 5.30. The van der Waals surface area contributed by atoms with Gasteiger partial charge in [-0.3, -0.25) is 9.59 Å². The number of carbonyl (C=O) groups is 2. The van der Waals surface area contributed by atoms with Crippen LogP contribution in [0.3, 0.4) is 0 Å². The summed E-state index contributed by atoms with van der Waals surface area (Å²) in [6.07, 6.45) is 1.62. The lowest BCUT2D eigenvalue weighted by molar-refractivity contribution is -0.120. The highest BCUT2D eigenvalue weighted by Crippen LogP contribution is 2.27. The van der Waals surface area contributed by atoms with Gasteiger partial charge in [-0.25, -0.2) is 0 Å². The van der Waals surface area contributed by atoms with Crippen LogP contribution in [-0.4, -0.2) is 50.5 Å². The molecule has 1 aliphatic rings. The van der Waals surface area contributed by atoms with Crippen molar-refractivity contribution in [2.75, 3.05) is 33.1 Å². The molecule has 2 rings (SSSR count). The molecule has 23 heavy (non-hydrogen) atoms. The highest BCUT2D eigenvalue weighted by molar-refractivity contribution is 5.98. The summed E-state index contributed by atoms with van der Waals surface area (Å²) in [5.74, 6) is 0.393. The van der Waals surface area contributed by atoms with Crippen LogP contribution < -0.4 is 15.4 Å². The lowest BCUT2D eigenvalue weighted by atomic mass is 9.92. The molecular weight excluding hydrogens is 294 g/mol. The predicted molar refractivity (Wildman–Crippen MR) is 89.8 cm³/mol. The van der Waals surface area contributed by atoms with Gasteiger partial charge in [-0.15, -0.1) is 0 Å². The number of nitrogens with one attached hydrogen (secondary N) is 2. The van der Waals surface area contributed by atoms with Gasteiger partial charge in [-0.1, -0.05) is 0 Å². The van der Waals surface area contributed by atoms with Gasteiger partial charge >= 0.3 is 0 Å². The molecule has 0 aliphatic carbocycles. The largest absolute Gasteiger partial charge is 0.495 e. The van der Waals surface area contributed by atoms with Crippen LogP contribution in [0.15, 0.2) is 18.2 Å². The number of nitrogens with zero attached hydrogens (tertiary/aromatic N) is 1. The van der Waals surface area contributed by atoms with E-state index >= 15 is 0 Å². The molecule has 0 aromatic heterocycles. The molecule has 1 aliphatic heterocycles. The summed E-state index contributed by atoms with van der Waals surface area (Å²) in [5, 5.41) is 6.26. The maximum Gasteiger partial charge on any atom is 0.253 e. The van der Waals surface area contributed by atoms with Gasteiger partial charge < -0.3 is 20.3 Å². The lowest BCUT2D eigenvalue weighted by Crippen LogP contribution is -2.40. The molecule has 2 amide bonds. The average molecular weight is 319 g/mol. The quantitative estimate of drug-likeness (QED) is 0.886. The van der Waals surface area contributed by atoms with Gasteiger partial charge in [0.15, 0.2) is 0 Å². The number of hydrogen-bond acceptors (Lipinski definition) is 4. The zero-order valence-electron chi connectivity index (χ0n) is 14.2. The predicted octanol–water partition coefficient (Wildman–Crippen LogP) is 1.72. The molecule has 0 radical (unpaired) electrons. The van der Waals surface area contributed by atoms with Crippen molar-refractivity contribution < 1.29 is 14.3 Å². The number of rotatable bonds is 4. The number of anilines is 1. The summed E-state index contributed by atoms with van der Waals surface area (Å²) in [7, 11) is 4.94. The van der Waals surface area contributed by atoms with Gasteiger partial charge in [0.2, 0.25) is 5.91 Å². The van der Waals surface area contributed by atoms with E-state index in [1.54, 1.807) is 39.4 Å². The number of hydrogen-bond donors (Lipinski definition) is 2. The number of methoxy groups -OCH3 is 1. The number of carbonyl (C=O) groups excluding carboxylic acids is 2. The van der Waals surface area contributed by atoms with Crippen LogP contribution in [0.25, 0.3) is 0 Å². The van der Waals surface area contributed by atoms with Gasteiger partial charge in [-0.2, -0.15) is 0 Å². The monoisotopic (exact) mass is 319 g/mol. The Morgan fingerprint density at radius 3 is 2.70 bits per heavy atom. The molecule has 0 unspecified atom stereocenters. The Labute approximate surface area is 137 Å². The number of amides is 2. The smallest absolute Gasteiger partial charge is 0.253 e. The zero-order chi connectivity index (χ0) is 17.0. The van der Waals surface area contributed by atoms with Crippen molar-refractivity contribution in [3.05, 3.63) is 23.8 Å². The molecule has 0 bridgehead atoms. The van der Waals surface area contributed by atoms with Gasteiger partial charge in [0.1, 0.15) is 5.75 Å². The van der Waals surface area contributed by atoms with Gasteiger partial charge in [0, 0.05) is 31.6 Å². The van der Waals surface area contributed by atoms with E-state index in [1.165, 1.54) is 4.90 Å². The summed E-state index contributed by atoms with van der Waals surface area (Å²) in [5.41, 5.74) is 1.06. The minimum Gasteiger partial charge on any atom is -0.495 e. The normalized spacial score (nSPS) is 20.7. The summed E-state index contributed by atoms with van der Waals surface area (Å²) in [6, 6.07) is 5.41. The first-order valence-electron chi connectivity index (χ1n) is 7.86. The van der Waals surface area contributed by atoms with E-state index in [1.807, 2.05) is 0 Å². The first-order chi connectivity index (χ1) is 10.9. The third-order valence-corrected chi connectivity index (χ3v) is 4.10. The first-order valence-corrected chi connectivity index (χ1v) is 7.86. The number of piperidine rings is 1. The van der Waals surface area contributed by atoms with Crippen molar-refractivity contribution in [3.8, 4) is 5.75 Å². The number of benzene rings is 1. The van der Waals surface area contributed by atoms with Crippen LogP contribution in [0.5, 0.6) is 5.75 Å². The molecule has 1 saturated heterocycles. The highest BCUT2D eigenvalue weighted by atomic mass is 16.5. The molecular formula is C17H25N3O3. The van der Waals surface area contributed by atoms with Gasteiger partial charge in [0.25, 0.3) is 5.91 Å². The van der Waals surface area contributed by atoms with E-state index in [4.69, 9.17) is 4.74 Å². The highest BCUT2D eigenvalue weighted by Gasteiger charge is 2.25. The van der Waals surface area contributed by atoms with E-state index in [-0.39, 0.29) is 17.7 Å². The Balaban J connectivity index is 2.18. The Kier molecular flexibility index (Phi) is 5.60. The Hall–Kier alpha value is -2.08. The number of ether oxygens (including phenoxy) is 1. The molecule has 1 fully saturated rings. The molecule has 1 heterocycles. The molecule has 2 N–H and O–H groups in total. The van der Waals surface area contributed by atoms with E-state index in [0.717, 1.165) is 19.4 Å². The van der Waals surface area contributed by atoms with E-state index in [9.17, 15) is 9.59 Å². The second-order valence-corrected chi connectivity index (χ2v) is 6.18.